The topological polar surface area (TPSA) is 94.1 Å². The summed E-state index contributed by atoms with van der Waals surface area (Å²) in [6, 6.07) is 0. The van der Waals surface area contributed by atoms with E-state index in [0.29, 0.717) is 13.0 Å². The third kappa shape index (κ3) is 21.5. The summed E-state index contributed by atoms with van der Waals surface area (Å²) < 4.78 is 16.0. The lowest BCUT2D eigenvalue weighted by atomic mass is 10.2. The summed E-state index contributed by atoms with van der Waals surface area (Å²) >= 11 is 0. The molecule has 1 atom stereocenters. The molecule has 40 heavy (non-hydrogen) atoms. The highest BCUT2D eigenvalue weighted by atomic mass is 28.4. The first-order valence-corrected chi connectivity index (χ1v) is 17.5. The second kappa shape index (κ2) is 23.4. The van der Waals surface area contributed by atoms with Crippen molar-refractivity contribution in [3.63, 3.8) is 0 Å². The van der Waals surface area contributed by atoms with Crippen LogP contribution in [0.15, 0.2) is 60.8 Å². The fraction of sp³-hybridized carbons (Fsp3) is 0.625. The van der Waals surface area contributed by atoms with Crippen LogP contribution in [0.5, 0.6) is 0 Å². The number of esters is 2. The van der Waals surface area contributed by atoms with Crippen molar-refractivity contribution in [2.24, 2.45) is 0 Å². The van der Waals surface area contributed by atoms with Crippen molar-refractivity contribution in [2.75, 3.05) is 26.5 Å². The molecule has 0 aromatic rings. The maximum absolute atomic E-state index is 11.9. The summed E-state index contributed by atoms with van der Waals surface area (Å²) in [4.78, 5) is 23.7. The van der Waals surface area contributed by atoms with Crippen LogP contribution in [-0.2, 0) is 23.5 Å². The normalized spacial score (nSPS) is 13.9. The van der Waals surface area contributed by atoms with Crippen LogP contribution in [-0.4, -0.2) is 58.0 Å². The number of aliphatic hydroxyl groups excluding tert-OH is 1. The zero-order valence-corrected chi connectivity index (χ0v) is 26.8. The molecule has 0 aliphatic heterocycles. The average molecular weight is 578 g/mol. The molecule has 0 aliphatic rings. The maximum atomic E-state index is 11.9. The van der Waals surface area contributed by atoms with Gasteiger partial charge in [0.1, 0.15) is 13.3 Å². The molecule has 8 heteroatoms. The second-order valence-corrected chi connectivity index (χ2v) is 15.8. The van der Waals surface area contributed by atoms with Crippen LogP contribution in [0, 0.1) is 0 Å². The van der Waals surface area contributed by atoms with Gasteiger partial charge in [0.05, 0.1) is 6.61 Å². The first kappa shape index (κ1) is 37.7. The summed E-state index contributed by atoms with van der Waals surface area (Å²) in [5.41, 5.74) is 0. The first-order chi connectivity index (χ1) is 19.0. The lowest BCUT2D eigenvalue weighted by Gasteiger charge is -2.36. The van der Waals surface area contributed by atoms with E-state index in [-0.39, 0.29) is 31.0 Å². The molecular formula is C32H55NO6Si. The summed E-state index contributed by atoms with van der Waals surface area (Å²) in [5, 5.41) is 12.8. The third-order valence-electron chi connectivity index (χ3n) is 6.45. The number of unbranched alkanes of at least 4 members (excludes halogenated alkanes) is 1. The van der Waals surface area contributed by atoms with Gasteiger partial charge < -0.3 is 19.0 Å². The molecule has 0 aromatic heterocycles. The van der Waals surface area contributed by atoms with E-state index >= 15 is 0 Å². The summed E-state index contributed by atoms with van der Waals surface area (Å²) in [6.45, 7) is 12.9. The zero-order valence-electron chi connectivity index (χ0n) is 25.8. The fourth-order valence-corrected chi connectivity index (χ4v) is 3.91. The van der Waals surface area contributed by atoms with E-state index in [9.17, 15) is 14.7 Å². The highest BCUT2D eigenvalue weighted by Crippen LogP contribution is 2.36. The number of hydrogen-bond acceptors (Lipinski definition) is 7. The molecule has 0 spiro atoms. The summed E-state index contributed by atoms with van der Waals surface area (Å²) in [7, 11) is -2.05. The molecular weight excluding hydrogens is 522 g/mol. The Bertz CT molecular complexity index is 824. The Morgan fingerprint density at radius 1 is 0.850 bits per heavy atom. The largest absolute Gasteiger partial charge is 0.464 e. The Balaban J connectivity index is 3.71. The molecule has 0 bridgehead atoms. The Kier molecular flexibility index (Phi) is 22.1. The second-order valence-electron chi connectivity index (χ2n) is 11.0. The van der Waals surface area contributed by atoms with E-state index in [1.165, 1.54) is 0 Å². The van der Waals surface area contributed by atoms with Gasteiger partial charge >= 0.3 is 11.9 Å². The van der Waals surface area contributed by atoms with Gasteiger partial charge in [-0.15, -0.1) is 0 Å². The van der Waals surface area contributed by atoms with Gasteiger partial charge in [-0.2, -0.15) is 0 Å². The Labute approximate surface area is 244 Å². The molecule has 0 saturated carbocycles. The van der Waals surface area contributed by atoms with Gasteiger partial charge in [-0.05, 0) is 63.1 Å². The Hall–Kier alpha value is -2.26. The predicted octanol–water partition coefficient (Wildman–Crippen LogP) is 6.92. The number of carbonyl (C=O) groups is 2. The van der Waals surface area contributed by atoms with Gasteiger partial charge in [-0.3, -0.25) is 10.1 Å². The highest BCUT2D eigenvalue weighted by molar-refractivity contribution is 6.74. The number of hydrogen-bond donors (Lipinski definition) is 2. The minimum atomic E-state index is -2.05. The Morgan fingerprint density at radius 3 is 1.90 bits per heavy atom. The molecule has 0 aromatic carbocycles. The molecule has 7 nitrogen and oxygen atoms in total. The van der Waals surface area contributed by atoms with Gasteiger partial charge in [-0.25, -0.2) is 4.79 Å². The maximum Gasteiger partial charge on any atom is 0.338 e. The van der Waals surface area contributed by atoms with E-state index in [1.54, 1.807) is 0 Å². The Morgan fingerprint density at radius 2 is 1.38 bits per heavy atom. The van der Waals surface area contributed by atoms with E-state index in [2.05, 4.69) is 107 Å². The van der Waals surface area contributed by atoms with Crippen LogP contribution < -0.4 is 5.32 Å². The SMILES string of the molecule is CC/C=C\C/C=C\C/C=C\C/C=C\C/C=C\CCCC(=O)OCCNCOC(=O)C(O)CO[Si](C)(C)C(C)(C)C. The number of rotatable bonds is 22. The molecule has 0 amide bonds. The summed E-state index contributed by atoms with van der Waals surface area (Å²) in [6.07, 6.45) is 27.1. The molecule has 0 heterocycles. The molecule has 1 unspecified atom stereocenters. The number of aliphatic hydroxyl groups is 1. The van der Waals surface area contributed by atoms with E-state index < -0.39 is 20.4 Å². The smallest absolute Gasteiger partial charge is 0.338 e. The molecule has 0 fully saturated rings. The van der Waals surface area contributed by atoms with Crippen LogP contribution in [0.25, 0.3) is 0 Å². The zero-order chi connectivity index (χ0) is 30.1. The van der Waals surface area contributed by atoms with Gasteiger partial charge in [0.25, 0.3) is 0 Å². The van der Waals surface area contributed by atoms with E-state index in [4.69, 9.17) is 13.9 Å². The predicted molar refractivity (Wildman–Crippen MR) is 167 cm³/mol. The van der Waals surface area contributed by atoms with E-state index in [0.717, 1.165) is 44.9 Å². The quantitative estimate of drug-likeness (QED) is 0.0474. The van der Waals surface area contributed by atoms with Crippen molar-refractivity contribution in [1.29, 1.82) is 0 Å². The van der Waals surface area contributed by atoms with Crippen LogP contribution in [0.4, 0.5) is 0 Å². The molecule has 228 valence electrons. The van der Waals surface area contributed by atoms with Crippen molar-refractivity contribution in [2.45, 2.75) is 103 Å². The lowest BCUT2D eigenvalue weighted by molar-refractivity contribution is -0.156. The number of allylic oxidation sites excluding steroid dienone is 10. The molecule has 2 N–H and O–H groups in total. The van der Waals surface area contributed by atoms with Gasteiger partial charge in [0.15, 0.2) is 14.4 Å². The highest BCUT2D eigenvalue weighted by Gasteiger charge is 2.38. The number of carbonyl (C=O) groups excluding carboxylic acids is 2. The number of nitrogens with one attached hydrogen (secondary N) is 1. The van der Waals surface area contributed by atoms with Crippen molar-refractivity contribution in [1.82, 2.24) is 5.32 Å². The minimum Gasteiger partial charge on any atom is -0.464 e. The van der Waals surface area contributed by atoms with Gasteiger partial charge in [0, 0.05) is 13.0 Å². The van der Waals surface area contributed by atoms with Gasteiger partial charge in [0.2, 0.25) is 0 Å². The standard InChI is InChI=1S/C32H55NO6Si/c1-7-8-9-10-11-12-13-14-15-16-17-18-19-20-21-22-23-24-30(35)37-26-25-33-28-38-31(36)29(34)27-39-40(5,6)32(2,3)4/h8-9,11-12,14-15,17-18,20-21,29,33-34H,7,10,13,16,19,22-28H2,1-6H3/b9-8-,12-11-,15-14-,18-17-,21-20-. The molecule has 0 rings (SSSR count). The van der Waals surface area contributed by atoms with Crippen molar-refractivity contribution in [3.05, 3.63) is 60.8 Å². The summed E-state index contributed by atoms with van der Waals surface area (Å²) in [5.74, 6) is -0.984. The van der Waals surface area contributed by atoms with Crippen LogP contribution in [0.1, 0.15) is 79.1 Å². The van der Waals surface area contributed by atoms with Gasteiger partial charge in [-0.1, -0.05) is 88.5 Å². The minimum absolute atomic E-state index is 0.00870. The number of ether oxygens (including phenoxy) is 2. The molecule has 0 aliphatic carbocycles. The average Bonchev–Trinajstić information content (AvgIpc) is 2.90. The van der Waals surface area contributed by atoms with Crippen molar-refractivity contribution < 1.29 is 28.6 Å². The van der Waals surface area contributed by atoms with Crippen molar-refractivity contribution in [3.8, 4) is 0 Å². The van der Waals surface area contributed by atoms with Crippen molar-refractivity contribution >= 4 is 20.3 Å². The van der Waals surface area contributed by atoms with Crippen LogP contribution >= 0.6 is 0 Å². The third-order valence-corrected chi connectivity index (χ3v) is 10.9. The monoisotopic (exact) mass is 577 g/mol. The van der Waals surface area contributed by atoms with Crippen LogP contribution in [0.3, 0.4) is 0 Å². The van der Waals surface area contributed by atoms with Crippen LogP contribution in [0.2, 0.25) is 18.1 Å². The first-order valence-electron chi connectivity index (χ1n) is 14.6. The molecule has 0 saturated heterocycles. The fourth-order valence-electron chi connectivity index (χ4n) is 2.90. The van der Waals surface area contributed by atoms with E-state index in [1.807, 2.05) is 0 Å². The lowest BCUT2D eigenvalue weighted by Crippen LogP contribution is -2.44. The molecule has 0 radical (unpaired) electrons.